The molecule has 0 radical (unpaired) electrons. The third kappa shape index (κ3) is 4.11. The van der Waals surface area contributed by atoms with E-state index in [4.69, 9.17) is 11.5 Å². The van der Waals surface area contributed by atoms with Gasteiger partial charge in [0.2, 0.25) is 0 Å². The number of rotatable bonds is 5. The number of aromatic nitrogens is 1. The van der Waals surface area contributed by atoms with Gasteiger partial charge in [0.15, 0.2) is 0 Å². The van der Waals surface area contributed by atoms with Crippen LogP contribution in [0.5, 0.6) is 0 Å². The van der Waals surface area contributed by atoms with Gasteiger partial charge in [0.25, 0.3) is 11.6 Å². The minimum atomic E-state index is -0.978. The SMILES string of the molecule is NC(=O)OCCNC(=O)c1cc(N)ncc1[N+](=O)[O-]. The van der Waals surface area contributed by atoms with Gasteiger partial charge < -0.3 is 21.5 Å². The van der Waals surface area contributed by atoms with E-state index in [-0.39, 0.29) is 24.5 Å². The van der Waals surface area contributed by atoms with Crippen LogP contribution in [0, 0.1) is 10.1 Å². The molecule has 0 fully saturated rings. The predicted octanol–water partition coefficient (Wildman–Crippen LogP) is -0.603. The minimum Gasteiger partial charge on any atom is -0.448 e. The van der Waals surface area contributed by atoms with Crippen molar-refractivity contribution < 1.29 is 19.2 Å². The number of carbonyl (C=O) groups is 2. The topological polar surface area (TPSA) is 163 Å². The fraction of sp³-hybridized carbons (Fsp3) is 0.222. The molecule has 0 aliphatic rings. The molecule has 0 bridgehead atoms. The molecule has 19 heavy (non-hydrogen) atoms. The molecule has 102 valence electrons. The van der Waals surface area contributed by atoms with Crippen molar-refractivity contribution in [1.29, 1.82) is 0 Å². The van der Waals surface area contributed by atoms with Gasteiger partial charge in [-0.25, -0.2) is 9.78 Å². The summed E-state index contributed by atoms with van der Waals surface area (Å²) in [5.41, 5.74) is 9.38. The Morgan fingerprint density at radius 3 is 2.79 bits per heavy atom. The van der Waals surface area contributed by atoms with Gasteiger partial charge in [0.1, 0.15) is 24.2 Å². The van der Waals surface area contributed by atoms with E-state index >= 15 is 0 Å². The zero-order valence-electron chi connectivity index (χ0n) is 9.66. The average molecular weight is 269 g/mol. The molecular weight excluding hydrogens is 258 g/mol. The number of anilines is 1. The Labute approximate surface area is 106 Å². The first kappa shape index (κ1) is 14.2. The summed E-state index contributed by atoms with van der Waals surface area (Å²) in [5, 5.41) is 13.0. The lowest BCUT2D eigenvalue weighted by Gasteiger charge is -2.06. The van der Waals surface area contributed by atoms with Crippen molar-refractivity contribution in [3.63, 3.8) is 0 Å². The van der Waals surface area contributed by atoms with Gasteiger partial charge in [-0.05, 0) is 6.07 Å². The number of hydrogen-bond donors (Lipinski definition) is 3. The van der Waals surface area contributed by atoms with E-state index in [0.717, 1.165) is 12.3 Å². The van der Waals surface area contributed by atoms with Crippen molar-refractivity contribution in [1.82, 2.24) is 10.3 Å². The average Bonchev–Trinajstić information content (AvgIpc) is 2.33. The minimum absolute atomic E-state index is 0.0239. The number of nitrogen functional groups attached to an aromatic ring is 1. The third-order valence-corrected chi connectivity index (χ3v) is 1.98. The van der Waals surface area contributed by atoms with Gasteiger partial charge in [-0.1, -0.05) is 0 Å². The largest absolute Gasteiger partial charge is 0.448 e. The van der Waals surface area contributed by atoms with Crippen LogP contribution in [-0.4, -0.2) is 35.1 Å². The molecule has 1 rings (SSSR count). The van der Waals surface area contributed by atoms with Crippen LogP contribution >= 0.6 is 0 Å². The number of amides is 2. The number of nitrogens with one attached hydrogen (secondary N) is 1. The lowest BCUT2D eigenvalue weighted by Crippen LogP contribution is -2.29. The van der Waals surface area contributed by atoms with Crippen LogP contribution in [0.4, 0.5) is 16.3 Å². The van der Waals surface area contributed by atoms with Gasteiger partial charge in [0.05, 0.1) is 11.5 Å². The van der Waals surface area contributed by atoms with Crippen LogP contribution < -0.4 is 16.8 Å². The van der Waals surface area contributed by atoms with Crippen molar-refractivity contribution in [3.05, 3.63) is 27.9 Å². The van der Waals surface area contributed by atoms with Crippen LogP contribution in [0.3, 0.4) is 0 Å². The maximum Gasteiger partial charge on any atom is 0.404 e. The summed E-state index contributed by atoms with van der Waals surface area (Å²) in [7, 11) is 0. The first-order valence-electron chi connectivity index (χ1n) is 5.02. The summed E-state index contributed by atoms with van der Waals surface area (Å²) in [6, 6.07) is 1.09. The second-order valence-electron chi connectivity index (χ2n) is 3.31. The van der Waals surface area contributed by atoms with E-state index in [1.165, 1.54) is 0 Å². The molecule has 0 saturated heterocycles. The van der Waals surface area contributed by atoms with Crippen LogP contribution in [0.15, 0.2) is 12.3 Å². The molecule has 10 heteroatoms. The van der Waals surface area contributed by atoms with Crippen molar-refractivity contribution in [3.8, 4) is 0 Å². The first-order chi connectivity index (χ1) is 8.91. The number of nitro groups is 1. The van der Waals surface area contributed by atoms with E-state index in [0.29, 0.717) is 0 Å². The normalized spacial score (nSPS) is 9.68. The van der Waals surface area contributed by atoms with E-state index in [1.54, 1.807) is 0 Å². The zero-order valence-corrected chi connectivity index (χ0v) is 9.66. The Bertz CT molecular complexity index is 518. The molecule has 0 unspecified atom stereocenters. The van der Waals surface area contributed by atoms with Crippen LogP contribution in [0.25, 0.3) is 0 Å². The smallest absolute Gasteiger partial charge is 0.404 e. The monoisotopic (exact) mass is 269 g/mol. The number of primary amides is 1. The van der Waals surface area contributed by atoms with E-state index in [9.17, 15) is 19.7 Å². The summed E-state index contributed by atoms with van der Waals surface area (Å²) in [5.74, 6) is -0.752. The number of ether oxygens (including phenoxy) is 1. The number of pyridine rings is 1. The second-order valence-corrected chi connectivity index (χ2v) is 3.31. The molecule has 0 spiro atoms. The quantitative estimate of drug-likeness (QED) is 0.364. The molecule has 0 aliphatic heterocycles. The van der Waals surface area contributed by atoms with Crippen molar-refractivity contribution >= 4 is 23.5 Å². The van der Waals surface area contributed by atoms with Crippen molar-refractivity contribution in [2.75, 3.05) is 18.9 Å². The Morgan fingerprint density at radius 1 is 1.53 bits per heavy atom. The van der Waals surface area contributed by atoms with Crippen molar-refractivity contribution in [2.45, 2.75) is 0 Å². The highest BCUT2D eigenvalue weighted by molar-refractivity contribution is 5.98. The molecule has 1 heterocycles. The molecule has 1 aromatic rings. The Hall–Kier alpha value is -2.91. The van der Waals surface area contributed by atoms with Gasteiger partial charge in [-0.3, -0.25) is 14.9 Å². The van der Waals surface area contributed by atoms with Crippen molar-refractivity contribution in [2.24, 2.45) is 5.73 Å². The zero-order chi connectivity index (χ0) is 14.4. The highest BCUT2D eigenvalue weighted by atomic mass is 16.6. The highest BCUT2D eigenvalue weighted by Crippen LogP contribution is 2.18. The molecule has 1 aromatic heterocycles. The summed E-state index contributed by atoms with van der Waals surface area (Å²) in [6.07, 6.45) is -0.0853. The van der Waals surface area contributed by atoms with Crippen LogP contribution in [0.1, 0.15) is 10.4 Å². The summed E-state index contributed by atoms with van der Waals surface area (Å²) in [6.45, 7) is -0.184. The van der Waals surface area contributed by atoms with Gasteiger partial charge in [0, 0.05) is 0 Å². The molecule has 0 aliphatic carbocycles. The number of carbonyl (C=O) groups excluding carboxylic acids is 2. The molecular formula is C9H11N5O5. The number of nitrogens with zero attached hydrogens (tertiary/aromatic N) is 2. The van der Waals surface area contributed by atoms with E-state index in [2.05, 4.69) is 15.0 Å². The fourth-order valence-corrected chi connectivity index (χ4v) is 1.20. The van der Waals surface area contributed by atoms with E-state index in [1.807, 2.05) is 0 Å². The predicted molar refractivity (Wildman–Crippen MR) is 63.2 cm³/mol. The second kappa shape index (κ2) is 6.14. The van der Waals surface area contributed by atoms with Gasteiger partial charge >= 0.3 is 6.09 Å². The lowest BCUT2D eigenvalue weighted by atomic mass is 10.2. The molecule has 2 amide bonds. The summed E-state index contributed by atoms with van der Waals surface area (Å²) >= 11 is 0. The van der Waals surface area contributed by atoms with Gasteiger partial charge in [-0.15, -0.1) is 0 Å². The Morgan fingerprint density at radius 2 is 2.21 bits per heavy atom. The van der Waals surface area contributed by atoms with Gasteiger partial charge in [-0.2, -0.15) is 0 Å². The Balaban J connectivity index is 2.73. The number of nitrogens with two attached hydrogens (primary N) is 2. The maximum absolute atomic E-state index is 11.7. The molecule has 10 nitrogen and oxygen atoms in total. The maximum atomic E-state index is 11.7. The highest BCUT2D eigenvalue weighted by Gasteiger charge is 2.20. The molecule has 0 saturated carbocycles. The molecule has 5 N–H and O–H groups in total. The first-order valence-corrected chi connectivity index (χ1v) is 5.02. The van der Waals surface area contributed by atoms with Crippen LogP contribution in [0.2, 0.25) is 0 Å². The lowest BCUT2D eigenvalue weighted by molar-refractivity contribution is -0.385. The third-order valence-electron chi connectivity index (χ3n) is 1.98. The number of hydrogen-bond acceptors (Lipinski definition) is 7. The summed E-state index contributed by atoms with van der Waals surface area (Å²) < 4.78 is 4.38. The van der Waals surface area contributed by atoms with E-state index < -0.39 is 22.6 Å². The molecule has 0 aromatic carbocycles. The Kier molecular flexibility index (Phi) is 4.57. The summed E-state index contributed by atoms with van der Waals surface area (Å²) in [4.78, 5) is 35.5. The fourth-order valence-electron chi connectivity index (χ4n) is 1.20. The standard InChI is InChI=1S/C9H11N5O5/c10-7-3-5(6(4-13-7)14(17)18)8(15)12-1-2-19-9(11)16/h3-4H,1-2H2,(H2,10,13)(H2,11,16)(H,12,15). The van der Waals surface area contributed by atoms with Crippen LogP contribution in [-0.2, 0) is 4.74 Å². The molecule has 0 atom stereocenters.